The first-order valence-electron chi connectivity index (χ1n) is 6.73. The van der Waals surface area contributed by atoms with Crippen LogP contribution in [0.1, 0.15) is 37.6 Å². The molecule has 0 saturated carbocycles. The van der Waals surface area contributed by atoms with Crippen molar-refractivity contribution in [2.45, 2.75) is 32.7 Å². The van der Waals surface area contributed by atoms with Crippen molar-refractivity contribution in [3.05, 3.63) is 36.0 Å². The van der Waals surface area contributed by atoms with Gasteiger partial charge in [-0.1, -0.05) is 31.2 Å². The largest absolute Gasteiger partial charge is 0.478 e. The van der Waals surface area contributed by atoms with Gasteiger partial charge < -0.3 is 10.0 Å². The maximum atomic E-state index is 11.3. The van der Waals surface area contributed by atoms with Crippen molar-refractivity contribution in [2.24, 2.45) is 0 Å². The van der Waals surface area contributed by atoms with Crippen molar-refractivity contribution in [2.75, 3.05) is 11.9 Å². The Hall–Kier alpha value is -2.10. The molecule has 0 radical (unpaired) electrons. The van der Waals surface area contributed by atoms with Crippen molar-refractivity contribution in [3.63, 3.8) is 0 Å². The van der Waals surface area contributed by atoms with E-state index < -0.39 is 5.97 Å². The molecule has 1 heterocycles. The first-order valence-corrected chi connectivity index (χ1v) is 6.73. The van der Waals surface area contributed by atoms with E-state index in [4.69, 9.17) is 0 Å². The van der Waals surface area contributed by atoms with Crippen molar-refractivity contribution in [1.29, 1.82) is 0 Å². The van der Waals surface area contributed by atoms with Gasteiger partial charge in [-0.25, -0.2) is 9.78 Å². The van der Waals surface area contributed by atoms with Gasteiger partial charge in [-0.15, -0.1) is 0 Å². The fraction of sp³-hybridized carbons (Fsp3) is 0.375. The van der Waals surface area contributed by atoms with Crippen LogP contribution in [-0.2, 0) is 0 Å². The summed E-state index contributed by atoms with van der Waals surface area (Å²) >= 11 is 0. The number of nitrogens with zero attached hydrogens (tertiary/aromatic N) is 2. The lowest BCUT2D eigenvalue weighted by Gasteiger charge is -2.36. The Kier molecular flexibility index (Phi) is 3.66. The van der Waals surface area contributed by atoms with Gasteiger partial charge in [0.25, 0.3) is 0 Å². The molecule has 2 aromatic rings. The predicted octanol–water partition coefficient (Wildman–Crippen LogP) is 3.56. The van der Waals surface area contributed by atoms with Gasteiger partial charge in [0.15, 0.2) is 0 Å². The lowest BCUT2D eigenvalue weighted by molar-refractivity contribution is 0.0698. The van der Waals surface area contributed by atoms with Crippen LogP contribution >= 0.6 is 0 Å². The van der Waals surface area contributed by atoms with Crippen LogP contribution in [0.15, 0.2) is 30.5 Å². The molecule has 1 aromatic carbocycles. The van der Waals surface area contributed by atoms with E-state index in [1.54, 1.807) is 0 Å². The fourth-order valence-corrected chi connectivity index (χ4v) is 2.14. The summed E-state index contributed by atoms with van der Waals surface area (Å²) in [5.41, 5.74) is 0.201. The minimum atomic E-state index is -0.947. The summed E-state index contributed by atoms with van der Waals surface area (Å²) in [6.07, 6.45) is 2.42. The lowest BCUT2D eigenvalue weighted by Crippen LogP contribution is -2.41. The first-order chi connectivity index (χ1) is 9.38. The summed E-state index contributed by atoms with van der Waals surface area (Å²) in [5.74, 6) is -0.130. The first kappa shape index (κ1) is 14.3. The quantitative estimate of drug-likeness (QED) is 0.924. The predicted molar refractivity (Wildman–Crippen MR) is 81.5 cm³/mol. The highest BCUT2D eigenvalue weighted by molar-refractivity contribution is 6.06. The van der Waals surface area contributed by atoms with Crippen LogP contribution in [0.3, 0.4) is 0 Å². The molecule has 0 fully saturated rings. The molecule has 2 rings (SSSR count). The second kappa shape index (κ2) is 5.12. The smallest absolute Gasteiger partial charge is 0.337 e. The number of aromatic nitrogens is 1. The van der Waals surface area contributed by atoms with Crippen LogP contribution in [0.5, 0.6) is 0 Å². The van der Waals surface area contributed by atoms with Crippen molar-refractivity contribution >= 4 is 22.6 Å². The Morgan fingerprint density at radius 2 is 1.90 bits per heavy atom. The molecule has 20 heavy (non-hydrogen) atoms. The summed E-state index contributed by atoms with van der Waals surface area (Å²) in [6, 6.07) is 7.51. The van der Waals surface area contributed by atoms with Gasteiger partial charge >= 0.3 is 5.97 Å². The van der Waals surface area contributed by atoms with Crippen molar-refractivity contribution < 1.29 is 9.90 Å². The summed E-state index contributed by atoms with van der Waals surface area (Å²) in [7, 11) is 2.00. The Labute approximate surface area is 119 Å². The highest BCUT2D eigenvalue weighted by atomic mass is 16.4. The number of rotatable bonds is 4. The Balaban J connectivity index is 2.68. The van der Waals surface area contributed by atoms with Gasteiger partial charge in [-0.05, 0) is 20.3 Å². The van der Waals surface area contributed by atoms with Gasteiger partial charge in [0, 0.05) is 29.6 Å². The summed E-state index contributed by atoms with van der Waals surface area (Å²) in [4.78, 5) is 17.8. The second-order valence-electron chi connectivity index (χ2n) is 5.57. The molecule has 0 amide bonds. The van der Waals surface area contributed by atoms with Crippen LogP contribution < -0.4 is 4.90 Å². The third kappa shape index (κ3) is 2.33. The summed E-state index contributed by atoms with van der Waals surface area (Å²) in [5, 5.41) is 10.9. The van der Waals surface area contributed by atoms with Gasteiger partial charge in [-0.3, -0.25) is 0 Å². The SMILES string of the molecule is CCC(C)(C)N(C)c1ncc(C(=O)O)c2ccccc12. The Morgan fingerprint density at radius 1 is 1.30 bits per heavy atom. The monoisotopic (exact) mass is 272 g/mol. The number of carbonyl (C=O) groups is 1. The molecule has 4 nitrogen and oxygen atoms in total. The number of fused-ring (bicyclic) bond motifs is 1. The number of aromatic carboxylic acids is 1. The number of carboxylic acids is 1. The molecule has 0 aliphatic heterocycles. The molecule has 106 valence electrons. The molecule has 0 unspecified atom stereocenters. The number of hydrogen-bond acceptors (Lipinski definition) is 3. The zero-order valence-corrected chi connectivity index (χ0v) is 12.3. The van der Waals surface area contributed by atoms with Crippen LogP contribution in [0, 0.1) is 0 Å². The fourth-order valence-electron chi connectivity index (χ4n) is 2.14. The molecular weight excluding hydrogens is 252 g/mol. The van der Waals surface area contributed by atoms with Gasteiger partial charge in [0.05, 0.1) is 5.56 Å². The van der Waals surface area contributed by atoms with Gasteiger partial charge in [0.2, 0.25) is 0 Å². The maximum absolute atomic E-state index is 11.3. The molecule has 0 bridgehead atoms. The summed E-state index contributed by atoms with van der Waals surface area (Å²) < 4.78 is 0. The number of anilines is 1. The van der Waals surface area contributed by atoms with E-state index >= 15 is 0 Å². The molecule has 1 N–H and O–H groups in total. The average Bonchev–Trinajstić information content (AvgIpc) is 2.45. The van der Waals surface area contributed by atoms with E-state index in [1.807, 2.05) is 31.3 Å². The third-order valence-corrected chi connectivity index (χ3v) is 4.10. The normalized spacial score (nSPS) is 11.6. The number of hydrogen-bond donors (Lipinski definition) is 1. The molecule has 0 aliphatic rings. The Bertz CT molecular complexity index is 650. The third-order valence-electron chi connectivity index (χ3n) is 4.10. The minimum absolute atomic E-state index is 0.0412. The molecule has 0 spiro atoms. The molecule has 0 saturated heterocycles. The van der Waals surface area contributed by atoms with Crippen LogP contribution in [0.4, 0.5) is 5.82 Å². The summed E-state index contributed by atoms with van der Waals surface area (Å²) in [6.45, 7) is 6.42. The molecular formula is C16H20N2O2. The number of benzene rings is 1. The number of pyridine rings is 1. The topological polar surface area (TPSA) is 53.4 Å². The standard InChI is InChI=1S/C16H20N2O2/c1-5-16(2,3)18(4)14-12-9-7-6-8-11(12)13(10-17-14)15(19)20/h6-10H,5H2,1-4H3,(H,19,20). The van der Waals surface area contributed by atoms with Gasteiger partial charge in [-0.2, -0.15) is 0 Å². The minimum Gasteiger partial charge on any atom is -0.478 e. The highest BCUT2D eigenvalue weighted by Crippen LogP contribution is 2.31. The van der Waals surface area contributed by atoms with E-state index in [2.05, 4.69) is 30.7 Å². The molecule has 0 aliphatic carbocycles. The van der Waals surface area contributed by atoms with Crippen LogP contribution in [-0.4, -0.2) is 28.6 Å². The van der Waals surface area contributed by atoms with Crippen molar-refractivity contribution in [1.82, 2.24) is 4.98 Å². The lowest BCUT2D eigenvalue weighted by atomic mass is 9.98. The van der Waals surface area contributed by atoms with Crippen LogP contribution in [0.25, 0.3) is 10.8 Å². The van der Waals surface area contributed by atoms with Crippen LogP contribution in [0.2, 0.25) is 0 Å². The zero-order chi connectivity index (χ0) is 14.9. The highest BCUT2D eigenvalue weighted by Gasteiger charge is 2.24. The number of carboxylic acid groups (broad SMARTS) is 1. The maximum Gasteiger partial charge on any atom is 0.337 e. The van der Waals surface area contributed by atoms with Gasteiger partial charge in [0.1, 0.15) is 5.82 Å². The Morgan fingerprint density at radius 3 is 2.45 bits per heavy atom. The average molecular weight is 272 g/mol. The van der Waals surface area contributed by atoms with E-state index in [9.17, 15) is 9.90 Å². The van der Waals surface area contributed by atoms with E-state index in [0.29, 0.717) is 0 Å². The van der Waals surface area contributed by atoms with E-state index in [-0.39, 0.29) is 11.1 Å². The molecule has 4 heteroatoms. The van der Waals surface area contributed by atoms with Crippen molar-refractivity contribution in [3.8, 4) is 0 Å². The molecule has 0 atom stereocenters. The second-order valence-corrected chi connectivity index (χ2v) is 5.57. The molecule has 1 aromatic heterocycles. The van der Waals surface area contributed by atoms with E-state index in [1.165, 1.54) is 6.20 Å². The van der Waals surface area contributed by atoms with E-state index in [0.717, 1.165) is 23.0 Å². The zero-order valence-electron chi connectivity index (χ0n) is 12.3.